The molecule has 37 heavy (non-hydrogen) atoms. The zero-order valence-electron chi connectivity index (χ0n) is 20.4. The number of anilines is 1. The first-order valence-electron chi connectivity index (χ1n) is 11.7. The van der Waals surface area contributed by atoms with E-state index < -0.39 is 5.41 Å². The van der Waals surface area contributed by atoms with E-state index in [9.17, 15) is 4.79 Å². The van der Waals surface area contributed by atoms with Crippen LogP contribution in [0.3, 0.4) is 0 Å². The van der Waals surface area contributed by atoms with Gasteiger partial charge in [-0.25, -0.2) is 9.97 Å². The van der Waals surface area contributed by atoms with Gasteiger partial charge in [0.05, 0.1) is 34.3 Å². The number of nitrogens with one attached hydrogen (secondary N) is 3. The number of aromatic amines is 2. The summed E-state index contributed by atoms with van der Waals surface area (Å²) in [7, 11) is 0. The monoisotopic (exact) mass is 489 g/mol. The van der Waals surface area contributed by atoms with Crippen LogP contribution in [0.5, 0.6) is 0 Å². The van der Waals surface area contributed by atoms with Crippen molar-refractivity contribution in [3.8, 4) is 34.0 Å². The summed E-state index contributed by atoms with van der Waals surface area (Å²) < 4.78 is 0. The maximum atomic E-state index is 12.4. The minimum Gasteiger partial charge on any atom is -0.336 e. The lowest BCUT2D eigenvalue weighted by Gasteiger charge is -2.17. The number of H-pyrrole nitrogens is 2. The van der Waals surface area contributed by atoms with E-state index in [0.717, 1.165) is 33.4 Å². The highest BCUT2D eigenvalue weighted by molar-refractivity contribution is 5.96. The fourth-order valence-electron chi connectivity index (χ4n) is 3.95. The number of carbonyl (C=O) groups is 1. The predicted molar refractivity (Wildman–Crippen MR) is 141 cm³/mol. The van der Waals surface area contributed by atoms with Crippen molar-refractivity contribution >= 4 is 33.7 Å². The van der Waals surface area contributed by atoms with Gasteiger partial charge in [0.2, 0.25) is 5.91 Å². The second-order valence-corrected chi connectivity index (χ2v) is 9.71. The van der Waals surface area contributed by atoms with Gasteiger partial charge in [-0.05, 0) is 36.4 Å². The smallest absolute Gasteiger partial charge is 0.229 e. The van der Waals surface area contributed by atoms with Crippen LogP contribution in [0.1, 0.15) is 20.8 Å². The van der Waals surface area contributed by atoms with Crippen molar-refractivity contribution in [2.24, 2.45) is 5.41 Å². The minimum atomic E-state index is -0.516. The number of hydrogen-bond acceptors (Lipinski definition) is 7. The van der Waals surface area contributed by atoms with Gasteiger partial charge in [-0.3, -0.25) is 24.8 Å². The van der Waals surface area contributed by atoms with Gasteiger partial charge in [0, 0.05) is 41.3 Å². The highest BCUT2D eigenvalue weighted by Gasteiger charge is 2.22. The van der Waals surface area contributed by atoms with Gasteiger partial charge in [0.15, 0.2) is 11.5 Å². The van der Waals surface area contributed by atoms with Gasteiger partial charge in [0.25, 0.3) is 0 Å². The number of pyridine rings is 4. The summed E-state index contributed by atoms with van der Waals surface area (Å²) in [5.41, 5.74) is 6.77. The Labute approximate surface area is 211 Å². The first kappa shape index (κ1) is 22.5. The number of amides is 1. The molecule has 0 fully saturated rings. The van der Waals surface area contributed by atoms with E-state index in [2.05, 4.69) is 35.5 Å². The summed E-state index contributed by atoms with van der Waals surface area (Å²) in [4.78, 5) is 38.5. The van der Waals surface area contributed by atoms with Gasteiger partial charge in [-0.15, -0.1) is 0 Å². The Morgan fingerprint density at radius 2 is 1.70 bits per heavy atom. The molecule has 6 aromatic rings. The number of aromatic nitrogens is 8. The molecule has 1 amide bonds. The first-order chi connectivity index (χ1) is 17.9. The second-order valence-electron chi connectivity index (χ2n) is 9.71. The standard InChI is InChI=1S/C27H23N9O/c1-27(2,3)26(37)31-17-11-16(13-29-14-17)18-6-7-20-23(32-18)24(36-35-20)25-33-19-8-10-30-21(22(19)34-25)15-5-4-9-28-12-15/h4-14H,1-3H3,(H,31,37)(H,33,34)(H,35,36). The summed E-state index contributed by atoms with van der Waals surface area (Å²) in [5.74, 6) is 0.491. The second kappa shape index (κ2) is 8.59. The molecule has 0 saturated heterocycles. The van der Waals surface area contributed by atoms with Crippen LogP contribution >= 0.6 is 0 Å². The molecule has 0 radical (unpaired) electrons. The van der Waals surface area contributed by atoms with Gasteiger partial charge >= 0.3 is 0 Å². The van der Waals surface area contributed by atoms with Crippen LogP contribution in [-0.4, -0.2) is 46.0 Å². The third-order valence-electron chi connectivity index (χ3n) is 5.94. The van der Waals surface area contributed by atoms with Crippen molar-refractivity contribution in [2.45, 2.75) is 20.8 Å². The molecule has 3 N–H and O–H groups in total. The lowest BCUT2D eigenvalue weighted by molar-refractivity contribution is -0.123. The number of rotatable bonds is 4. The fraction of sp³-hybridized carbons (Fsp3) is 0.148. The Morgan fingerprint density at radius 1 is 0.865 bits per heavy atom. The van der Waals surface area contributed by atoms with Crippen LogP contribution in [-0.2, 0) is 4.79 Å². The Balaban J connectivity index is 1.40. The summed E-state index contributed by atoms with van der Waals surface area (Å²) in [6.07, 6.45) is 8.57. The minimum absolute atomic E-state index is 0.0861. The van der Waals surface area contributed by atoms with Gasteiger partial charge < -0.3 is 10.3 Å². The normalized spacial score (nSPS) is 11.8. The molecule has 0 atom stereocenters. The molecular weight excluding hydrogens is 466 g/mol. The maximum absolute atomic E-state index is 12.4. The van der Waals surface area contributed by atoms with Crippen molar-refractivity contribution in [3.05, 3.63) is 67.4 Å². The van der Waals surface area contributed by atoms with E-state index in [1.165, 1.54) is 0 Å². The lowest BCUT2D eigenvalue weighted by Crippen LogP contribution is -2.27. The van der Waals surface area contributed by atoms with E-state index in [1.54, 1.807) is 31.0 Å². The fourth-order valence-corrected chi connectivity index (χ4v) is 3.95. The quantitative estimate of drug-likeness (QED) is 0.317. The number of nitrogens with zero attached hydrogens (tertiary/aromatic N) is 6. The molecular formula is C27H23N9O. The van der Waals surface area contributed by atoms with Crippen molar-refractivity contribution in [2.75, 3.05) is 5.32 Å². The summed E-state index contributed by atoms with van der Waals surface area (Å²) in [6.45, 7) is 5.59. The van der Waals surface area contributed by atoms with Gasteiger partial charge in [-0.2, -0.15) is 5.10 Å². The van der Waals surface area contributed by atoms with Crippen LogP contribution in [0.15, 0.2) is 67.4 Å². The number of fused-ring (bicyclic) bond motifs is 2. The molecule has 0 unspecified atom stereocenters. The molecule has 6 heterocycles. The molecule has 0 aliphatic heterocycles. The highest BCUT2D eigenvalue weighted by Crippen LogP contribution is 2.31. The molecule has 10 heteroatoms. The largest absolute Gasteiger partial charge is 0.336 e. The van der Waals surface area contributed by atoms with Crippen molar-refractivity contribution < 1.29 is 4.79 Å². The zero-order chi connectivity index (χ0) is 25.6. The highest BCUT2D eigenvalue weighted by atomic mass is 16.2. The number of carbonyl (C=O) groups excluding carboxylic acids is 1. The third kappa shape index (κ3) is 4.18. The lowest BCUT2D eigenvalue weighted by atomic mass is 9.95. The summed E-state index contributed by atoms with van der Waals surface area (Å²) in [6, 6.07) is 11.4. The molecule has 0 aliphatic carbocycles. The topological polar surface area (TPSA) is 138 Å². The molecule has 6 aromatic heterocycles. The van der Waals surface area contributed by atoms with Crippen molar-refractivity contribution in [1.29, 1.82) is 0 Å². The van der Waals surface area contributed by atoms with Crippen molar-refractivity contribution in [3.63, 3.8) is 0 Å². The van der Waals surface area contributed by atoms with Crippen LogP contribution in [0, 0.1) is 5.41 Å². The molecule has 0 aliphatic rings. The van der Waals surface area contributed by atoms with Crippen molar-refractivity contribution in [1.82, 2.24) is 40.1 Å². The van der Waals surface area contributed by atoms with E-state index in [1.807, 2.05) is 57.2 Å². The molecule has 0 spiro atoms. The van der Waals surface area contributed by atoms with E-state index >= 15 is 0 Å². The van der Waals surface area contributed by atoms with E-state index in [-0.39, 0.29) is 5.91 Å². The Hall–Kier alpha value is -4.99. The Kier molecular flexibility index (Phi) is 5.22. The Morgan fingerprint density at radius 3 is 2.51 bits per heavy atom. The van der Waals surface area contributed by atoms with E-state index in [4.69, 9.17) is 9.97 Å². The van der Waals surface area contributed by atoms with Gasteiger partial charge in [-0.1, -0.05) is 20.8 Å². The van der Waals surface area contributed by atoms with Crippen LogP contribution in [0.2, 0.25) is 0 Å². The van der Waals surface area contributed by atoms with E-state index in [0.29, 0.717) is 28.4 Å². The first-order valence-corrected chi connectivity index (χ1v) is 11.7. The summed E-state index contributed by atoms with van der Waals surface area (Å²) in [5, 5.41) is 10.5. The maximum Gasteiger partial charge on any atom is 0.229 e. The molecule has 0 bridgehead atoms. The van der Waals surface area contributed by atoms with Crippen LogP contribution in [0.4, 0.5) is 5.69 Å². The molecule has 0 aromatic carbocycles. The average Bonchev–Trinajstić information content (AvgIpc) is 3.52. The predicted octanol–water partition coefficient (Wildman–Crippen LogP) is 5.00. The number of imidazole rings is 1. The summed E-state index contributed by atoms with van der Waals surface area (Å²) >= 11 is 0. The molecule has 6 rings (SSSR count). The molecule has 182 valence electrons. The van der Waals surface area contributed by atoms with Gasteiger partial charge in [0.1, 0.15) is 11.0 Å². The molecule has 0 saturated carbocycles. The van der Waals surface area contributed by atoms with Crippen LogP contribution in [0.25, 0.3) is 56.1 Å². The Bertz CT molecular complexity index is 1760. The number of hydrogen-bond donors (Lipinski definition) is 3. The third-order valence-corrected chi connectivity index (χ3v) is 5.94. The van der Waals surface area contributed by atoms with Crippen LogP contribution < -0.4 is 5.32 Å². The zero-order valence-corrected chi connectivity index (χ0v) is 20.4. The SMILES string of the molecule is CC(C)(C)C(=O)Nc1cncc(-c2ccc3[nH]nc(-c4nc5c(-c6cccnc6)nccc5[nH]4)c3n2)c1. The average molecular weight is 490 g/mol. The molecule has 10 nitrogen and oxygen atoms in total.